The van der Waals surface area contributed by atoms with E-state index in [2.05, 4.69) is 34.9 Å². The van der Waals surface area contributed by atoms with Crippen LogP contribution in [0, 0.1) is 5.82 Å². The van der Waals surface area contributed by atoms with Crippen LogP contribution < -0.4 is 0 Å². The highest BCUT2D eigenvalue weighted by Gasteiger charge is 2.13. The predicted molar refractivity (Wildman–Crippen MR) is 93.4 cm³/mol. The molecule has 4 aromatic rings. The van der Waals surface area contributed by atoms with Gasteiger partial charge in [-0.3, -0.25) is 0 Å². The van der Waals surface area contributed by atoms with E-state index in [0.29, 0.717) is 0 Å². The van der Waals surface area contributed by atoms with Gasteiger partial charge in [0.05, 0.1) is 5.03 Å². The van der Waals surface area contributed by atoms with E-state index < -0.39 is 0 Å². The Balaban J connectivity index is 1.87. The highest BCUT2D eigenvalue weighted by molar-refractivity contribution is 7.99. The van der Waals surface area contributed by atoms with Gasteiger partial charge in [-0.05, 0) is 48.0 Å². The second-order valence-electron chi connectivity index (χ2n) is 5.28. The molecule has 0 N–H and O–H groups in total. The molecule has 2 heterocycles. The zero-order valence-corrected chi connectivity index (χ0v) is 13.1. The topological polar surface area (TPSA) is 4.41 Å². The van der Waals surface area contributed by atoms with Gasteiger partial charge in [-0.2, -0.15) is 0 Å². The van der Waals surface area contributed by atoms with Crippen molar-refractivity contribution in [2.24, 2.45) is 0 Å². The molecule has 0 radical (unpaired) electrons. The van der Waals surface area contributed by atoms with Gasteiger partial charge in [-0.15, -0.1) is 0 Å². The Kier molecular flexibility index (Phi) is 3.64. The van der Waals surface area contributed by atoms with Gasteiger partial charge in [-0.25, -0.2) is 4.39 Å². The lowest BCUT2D eigenvalue weighted by molar-refractivity contribution is 0.626. The molecule has 0 saturated heterocycles. The molecule has 0 atom stereocenters. The normalized spacial score (nSPS) is 11.0. The van der Waals surface area contributed by atoms with Crippen LogP contribution in [-0.2, 0) is 0 Å². The summed E-state index contributed by atoms with van der Waals surface area (Å²) in [6.45, 7) is 0. The molecule has 0 aliphatic heterocycles. The summed E-state index contributed by atoms with van der Waals surface area (Å²) in [4.78, 5) is 1.02. The molecular formula is C20H14FNS. The molecule has 23 heavy (non-hydrogen) atoms. The second-order valence-corrected chi connectivity index (χ2v) is 6.34. The molecule has 0 bridgehead atoms. The number of nitrogens with zero attached hydrogens (tertiary/aromatic N) is 1. The first kappa shape index (κ1) is 14.1. The van der Waals surface area contributed by atoms with E-state index in [1.165, 1.54) is 23.3 Å². The highest BCUT2D eigenvalue weighted by atomic mass is 32.2. The summed E-state index contributed by atoms with van der Waals surface area (Å²) < 4.78 is 15.3. The Morgan fingerprint density at radius 3 is 2.30 bits per heavy atom. The summed E-state index contributed by atoms with van der Waals surface area (Å²) in [6, 6.07) is 25.3. The van der Waals surface area contributed by atoms with Crippen LogP contribution in [0.2, 0.25) is 0 Å². The Bertz CT molecular complexity index is 942. The van der Waals surface area contributed by atoms with Crippen molar-refractivity contribution in [1.29, 1.82) is 0 Å². The van der Waals surface area contributed by atoms with Crippen molar-refractivity contribution in [2.75, 3.05) is 0 Å². The number of benzene rings is 2. The molecule has 0 amide bonds. The highest BCUT2D eigenvalue weighted by Crippen LogP contribution is 2.38. The average Bonchev–Trinajstić information content (AvgIpc) is 2.96. The third-order valence-electron chi connectivity index (χ3n) is 3.75. The number of fused-ring (bicyclic) bond motifs is 1. The Hall–Kier alpha value is -2.52. The zero-order chi connectivity index (χ0) is 15.6. The largest absolute Gasteiger partial charge is 0.311 e. The van der Waals surface area contributed by atoms with E-state index in [4.69, 9.17) is 0 Å². The van der Waals surface area contributed by atoms with Gasteiger partial charge in [0.25, 0.3) is 0 Å². The lowest BCUT2D eigenvalue weighted by atomic mass is 10.1. The quantitative estimate of drug-likeness (QED) is 0.455. The summed E-state index contributed by atoms with van der Waals surface area (Å²) in [5.41, 5.74) is 3.52. The smallest absolute Gasteiger partial charge is 0.123 e. The van der Waals surface area contributed by atoms with Crippen LogP contribution >= 0.6 is 11.8 Å². The summed E-state index contributed by atoms with van der Waals surface area (Å²) in [5, 5.41) is 1.14. The maximum Gasteiger partial charge on any atom is 0.123 e. The van der Waals surface area contributed by atoms with Crippen LogP contribution in [0.15, 0.2) is 95.0 Å². The predicted octanol–water partition coefficient (Wildman–Crippen LogP) is 5.90. The van der Waals surface area contributed by atoms with Crippen LogP contribution in [0.1, 0.15) is 0 Å². The minimum absolute atomic E-state index is 0.211. The van der Waals surface area contributed by atoms with Crippen molar-refractivity contribution in [2.45, 2.75) is 9.92 Å². The molecular weight excluding hydrogens is 305 g/mol. The van der Waals surface area contributed by atoms with Crippen molar-refractivity contribution < 1.29 is 4.39 Å². The first-order valence-electron chi connectivity index (χ1n) is 7.40. The molecule has 0 saturated carbocycles. The number of hydrogen-bond acceptors (Lipinski definition) is 1. The Labute approximate surface area is 138 Å². The lowest BCUT2D eigenvalue weighted by Gasteiger charge is -2.07. The van der Waals surface area contributed by atoms with Gasteiger partial charge in [0.1, 0.15) is 5.82 Å². The maximum atomic E-state index is 13.1. The van der Waals surface area contributed by atoms with Gasteiger partial charge >= 0.3 is 0 Å². The average molecular weight is 319 g/mol. The Morgan fingerprint density at radius 2 is 1.52 bits per heavy atom. The van der Waals surface area contributed by atoms with Crippen molar-refractivity contribution >= 4 is 17.3 Å². The third kappa shape index (κ3) is 2.76. The third-order valence-corrected chi connectivity index (χ3v) is 4.86. The van der Waals surface area contributed by atoms with Crippen molar-refractivity contribution in [1.82, 2.24) is 4.40 Å². The van der Waals surface area contributed by atoms with Gasteiger partial charge in [0, 0.05) is 22.2 Å². The van der Waals surface area contributed by atoms with Crippen LogP contribution in [0.5, 0.6) is 0 Å². The van der Waals surface area contributed by atoms with Crippen molar-refractivity contribution in [3.05, 3.63) is 90.9 Å². The summed E-state index contributed by atoms with van der Waals surface area (Å²) in [6.07, 6.45) is 2.06. The SMILES string of the molecule is Fc1ccc(Sc2c(-c3ccccc3)cc3ccccn23)cc1. The first-order valence-corrected chi connectivity index (χ1v) is 8.22. The maximum absolute atomic E-state index is 13.1. The molecule has 0 fully saturated rings. The molecule has 0 spiro atoms. The molecule has 112 valence electrons. The van der Waals surface area contributed by atoms with Crippen molar-refractivity contribution in [3.8, 4) is 11.1 Å². The van der Waals surface area contributed by atoms with Crippen LogP contribution in [-0.4, -0.2) is 4.40 Å². The standard InChI is InChI=1S/C20H14FNS/c21-16-9-11-18(12-10-16)23-20-19(15-6-2-1-3-7-15)14-17-8-4-5-13-22(17)20/h1-14H. The number of rotatable bonds is 3. The van der Waals surface area contributed by atoms with Crippen LogP contribution in [0.4, 0.5) is 4.39 Å². The van der Waals surface area contributed by atoms with Crippen molar-refractivity contribution in [3.63, 3.8) is 0 Å². The van der Waals surface area contributed by atoms with Gasteiger partial charge in [0.2, 0.25) is 0 Å². The van der Waals surface area contributed by atoms with E-state index in [1.54, 1.807) is 11.8 Å². The molecule has 2 aromatic carbocycles. The van der Waals surface area contributed by atoms with Gasteiger partial charge in [0.15, 0.2) is 0 Å². The van der Waals surface area contributed by atoms with E-state index in [0.717, 1.165) is 15.4 Å². The Morgan fingerprint density at radius 1 is 0.783 bits per heavy atom. The molecule has 3 heteroatoms. The monoisotopic (exact) mass is 319 g/mol. The van der Waals surface area contributed by atoms with E-state index in [9.17, 15) is 4.39 Å². The summed E-state index contributed by atoms with van der Waals surface area (Å²) in [7, 11) is 0. The second kappa shape index (κ2) is 5.94. The number of pyridine rings is 1. The van der Waals surface area contributed by atoms with E-state index >= 15 is 0 Å². The molecule has 2 aromatic heterocycles. The van der Waals surface area contributed by atoms with E-state index in [1.807, 2.05) is 42.5 Å². The summed E-state index contributed by atoms with van der Waals surface area (Å²) in [5.74, 6) is -0.211. The van der Waals surface area contributed by atoms with Crippen LogP contribution in [0.25, 0.3) is 16.6 Å². The fourth-order valence-corrected chi connectivity index (χ4v) is 3.69. The van der Waals surface area contributed by atoms with Crippen LogP contribution in [0.3, 0.4) is 0 Å². The molecule has 1 nitrogen and oxygen atoms in total. The lowest BCUT2D eigenvalue weighted by Crippen LogP contribution is -1.86. The van der Waals surface area contributed by atoms with Gasteiger partial charge in [-0.1, -0.05) is 48.2 Å². The fourth-order valence-electron chi connectivity index (χ4n) is 2.64. The van der Waals surface area contributed by atoms with Gasteiger partial charge < -0.3 is 4.40 Å². The number of hydrogen-bond donors (Lipinski definition) is 0. The fraction of sp³-hybridized carbons (Fsp3) is 0. The molecule has 0 aliphatic carbocycles. The summed E-state index contributed by atoms with van der Waals surface area (Å²) >= 11 is 1.65. The minimum atomic E-state index is -0.211. The minimum Gasteiger partial charge on any atom is -0.311 e. The molecule has 4 rings (SSSR count). The number of halogens is 1. The zero-order valence-electron chi connectivity index (χ0n) is 12.3. The molecule has 0 aliphatic rings. The molecule has 0 unspecified atom stereocenters. The first-order chi connectivity index (χ1) is 11.3. The number of aromatic nitrogens is 1. The van der Waals surface area contributed by atoms with E-state index in [-0.39, 0.29) is 5.82 Å².